The number of rotatable bonds is 6. The average Bonchev–Trinajstić information content (AvgIpc) is 2.65. The zero-order valence-electron chi connectivity index (χ0n) is 14.6. The van der Waals surface area contributed by atoms with Crippen LogP contribution in [0, 0.1) is 10.1 Å². The molecule has 2 unspecified atom stereocenters. The first kappa shape index (κ1) is 21.2. The van der Waals surface area contributed by atoms with Gasteiger partial charge in [-0.3, -0.25) is 19.9 Å². The second-order valence-electron chi connectivity index (χ2n) is 5.71. The van der Waals surface area contributed by atoms with Crippen LogP contribution in [-0.2, 0) is 25.7 Å². The van der Waals surface area contributed by atoms with Gasteiger partial charge in [0.2, 0.25) is 0 Å². The molecule has 2 rings (SSSR count). The number of nitro groups is 1. The van der Waals surface area contributed by atoms with Crippen molar-refractivity contribution >= 4 is 45.5 Å². The predicted molar refractivity (Wildman–Crippen MR) is 102 cm³/mol. The third-order valence-corrected chi connectivity index (χ3v) is 5.95. The fourth-order valence-electron chi connectivity index (χ4n) is 2.21. The first-order chi connectivity index (χ1) is 12.7. The SMILES string of the molecule is CSC1=NC(C(=O)OCc2ccc([N+](=O)[O-])cc2)C(O)(COC(C)=O)CS1. The van der Waals surface area contributed by atoms with Gasteiger partial charge in [0.05, 0.1) is 4.92 Å². The van der Waals surface area contributed by atoms with Crippen molar-refractivity contribution in [1.29, 1.82) is 0 Å². The van der Waals surface area contributed by atoms with Crippen molar-refractivity contribution in [3.8, 4) is 0 Å². The third kappa shape index (κ3) is 5.68. The van der Waals surface area contributed by atoms with Gasteiger partial charge in [-0.2, -0.15) is 0 Å². The van der Waals surface area contributed by atoms with E-state index in [4.69, 9.17) is 9.47 Å². The predicted octanol–water partition coefficient (Wildman–Crippen LogP) is 1.77. The molecule has 1 aliphatic heterocycles. The first-order valence-electron chi connectivity index (χ1n) is 7.75. The van der Waals surface area contributed by atoms with Crippen LogP contribution in [-0.4, -0.2) is 56.6 Å². The minimum Gasteiger partial charge on any atom is -0.463 e. The maximum absolute atomic E-state index is 12.5. The smallest absolute Gasteiger partial charge is 0.334 e. The van der Waals surface area contributed by atoms with Gasteiger partial charge in [-0.1, -0.05) is 11.8 Å². The number of carbonyl (C=O) groups is 2. The number of esters is 2. The van der Waals surface area contributed by atoms with Crippen LogP contribution in [0.5, 0.6) is 0 Å². The molecule has 0 aliphatic carbocycles. The standard InChI is InChI=1S/C16H18N2O7S2/c1-10(19)25-8-16(21)9-27-15(26-2)17-13(16)14(20)24-7-11-3-5-12(6-4-11)18(22)23/h3-6,13,21H,7-9H2,1-2H3. The Bertz CT molecular complexity index is 754. The lowest BCUT2D eigenvalue weighted by atomic mass is 9.97. The number of hydrogen-bond acceptors (Lipinski definition) is 10. The van der Waals surface area contributed by atoms with Crippen molar-refractivity contribution < 1.29 is 29.1 Å². The van der Waals surface area contributed by atoms with E-state index >= 15 is 0 Å². The minimum absolute atomic E-state index is 0.0700. The molecule has 27 heavy (non-hydrogen) atoms. The summed E-state index contributed by atoms with van der Waals surface area (Å²) in [5, 5.41) is 21.4. The number of ether oxygens (including phenoxy) is 2. The Hall–Kier alpha value is -2.11. The van der Waals surface area contributed by atoms with Crippen molar-refractivity contribution in [2.24, 2.45) is 4.99 Å². The zero-order valence-corrected chi connectivity index (χ0v) is 16.2. The van der Waals surface area contributed by atoms with E-state index in [0.717, 1.165) is 0 Å². The average molecular weight is 414 g/mol. The fourth-order valence-corrected chi connectivity index (χ4v) is 3.86. The molecular formula is C16H18N2O7S2. The van der Waals surface area contributed by atoms with Gasteiger partial charge < -0.3 is 14.6 Å². The Morgan fingerprint density at radius 2 is 2.07 bits per heavy atom. The lowest BCUT2D eigenvalue weighted by Gasteiger charge is -2.34. The van der Waals surface area contributed by atoms with Gasteiger partial charge in [0.25, 0.3) is 5.69 Å². The molecule has 2 atom stereocenters. The van der Waals surface area contributed by atoms with Crippen LogP contribution in [0.15, 0.2) is 29.3 Å². The Morgan fingerprint density at radius 3 is 2.63 bits per heavy atom. The van der Waals surface area contributed by atoms with Crippen molar-refractivity contribution in [2.75, 3.05) is 18.6 Å². The number of hydrogen-bond donors (Lipinski definition) is 1. The van der Waals surface area contributed by atoms with Crippen LogP contribution < -0.4 is 0 Å². The molecule has 146 valence electrons. The largest absolute Gasteiger partial charge is 0.463 e. The number of carbonyl (C=O) groups excluding carboxylic acids is 2. The second-order valence-corrected chi connectivity index (χ2v) is 7.72. The summed E-state index contributed by atoms with van der Waals surface area (Å²) in [7, 11) is 0. The van der Waals surface area contributed by atoms with Gasteiger partial charge in [-0.05, 0) is 24.0 Å². The molecule has 0 spiro atoms. The Balaban J connectivity index is 2.09. The monoisotopic (exact) mass is 414 g/mol. The van der Waals surface area contributed by atoms with E-state index in [0.29, 0.717) is 9.94 Å². The number of nitrogens with zero attached hydrogens (tertiary/aromatic N) is 2. The molecule has 1 aromatic carbocycles. The molecule has 0 aromatic heterocycles. The normalized spacial score (nSPS) is 21.9. The second kappa shape index (κ2) is 9.20. The van der Waals surface area contributed by atoms with E-state index in [-0.39, 0.29) is 24.7 Å². The number of benzene rings is 1. The molecule has 0 bridgehead atoms. The highest BCUT2D eigenvalue weighted by atomic mass is 32.2. The molecule has 1 aromatic rings. The number of non-ortho nitro benzene ring substituents is 1. The molecule has 1 heterocycles. The number of aliphatic imine (C=N–C) groups is 1. The highest BCUT2D eigenvalue weighted by Crippen LogP contribution is 2.32. The first-order valence-corrected chi connectivity index (χ1v) is 9.96. The van der Waals surface area contributed by atoms with E-state index in [2.05, 4.69) is 4.99 Å². The molecule has 0 saturated carbocycles. The van der Waals surface area contributed by atoms with Crippen LogP contribution in [0.25, 0.3) is 0 Å². The van der Waals surface area contributed by atoms with Crippen molar-refractivity contribution in [3.05, 3.63) is 39.9 Å². The number of nitro benzene ring substituents is 1. The van der Waals surface area contributed by atoms with Crippen LogP contribution in [0.2, 0.25) is 0 Å². The van der Waals surface area contributed by atoms with Crippen molar-refractivity contribution in [3.63, 3.8) is 0 Å². The zero-order chi connectivity index (χ0) is 20.0. The Morgan fingerprint density at radius 1 is 1.41 bits per heavy atom. The summed E-state index contributed by atoms with van der Waals surface area (Å²) in [6.45, 7) is 0.698. The van der Waals surface area contributed by atoms with E-state index in [9.17, 15) is 24.8 Å². The third-order valence-electron chi connectivity index (χ3n) is 3.64. The number of aliphatic hydroxyl groups is 1. The molecular weight excluding hydrogens is 396 g/mol. The summed E-state index contributed by atoms with van der Waals surface area (Å²) in [6.07, 6.45) is 1.79. The molecule has 0 fully saturated rings. The molecule has 0 amide bonds. The van der Waals surface area contributed by atoms with Crippen LogP contribution in [0.4, 0.5) is 5.69 Å². The Kier molecular flexibility index (Phi) is 7.22. The highest BCUT2D eigenvalue weighted by molar-refractivity contribution is 8.38. The van der Waals surface area contributed by atoms with Crippen LogP contribution in [0.3, 0.4) is 0 Å². The fraction of sp³-hybridized carbons (Fsp3) is 0.438. The van der Waals surface area contributed by atoms with Gasteiger partial charge in [0.1, 0.15) is 23.2 Å². The lowest BCUT2D eigenvalue weighted by molar-refractivity contribution is -0.384. The minimum atomic E-state index is -1.68. The Labute approximate surface area is 163 Å². The maximum atomic E-state index is 12.5. The van der Waals surface area contributed by atoms with Gasteiger partial charge in [-0.15, -0.1) is 11.8 Å². The van der Waals surface area contributed by atoms with Gasteiger partial charge in [0.15, 0.2) is 6.04 Å². The van der Waals surface area contributed by atoms with E-state index in [1.54, 1.807) is 6.26 Å². The van der Waals surface area contributed by atoms with E-state index < -0.39 is 28.5 Å². The molecule has 0 saturated heterocycles. The summed E-state index contributed by atoms with van der Waals surface area (Å²) in [5.41, 5.74) is -1.20. The van der Waals surface area contributed by atoms with Gasteiger partial charge in [0, 0.05) is 24.8 Å². The summed E-state index contributed by atoms with van der Waals surface area (Å²) in [6, 6.07) is 4.33. The maximum Gasteiger partial charge on any atom is 0.334 e. The van der Waals surface area contributed by atoms with Gasteiger partial charge >= 0.3 is 11.9 Å². The van der Waals surface area contributed by atoms with Crippen LogP contribution in [0.1, 0.15) is 12.5 Å². The number of thioether (sulfide) groups is 2. The topological polar surface area (TPSA) is 128 Å². The molecule has 0 radical (unpaired) electrons. The summed E-state index contributed by atoms with van der Waals surface area (Å²) in [4.78, 5) is 37.9. The van der Waals surface area contributed by atoms with Crippen LogP contribution >= 0.6 is 23.5 Å². The summed E-state index contributed by atoms with van der Waals surface area (Å²) < 4.78 is 10.7. The molecule has 9 nitrogen and oxygen atoms in total. The lowest BCUT2D eigenvalue weighted by Crippen LogP contribution is -2.54. The highest BCUT2D eigenvalue weighted by Gasteiger charge is 2.47. The van der Waals surface area contributed by atoms with Crippen molar-refractivity contribution in [2.45, 2.75) is 25.2 Å². The van der Waals surface area contributed by atoms with Gasteiger partial charge in [-0.25, -0.2) is 4.79 Å². The molecule has 1 N–H and O–H groups in total. The van der Waals surface area contributed by atoms with Crippen molar-refractivity contribution in [1.82, 2.24) is 0 Å². The van der Waals surface area contributed by atoms with E-state index in [1.807, 2.05) is 0 Å². The van der Waals surface area contributed by atoms with E-state index in [1.165, 1.54) is 54.7 Å². The summed E-state index contributed by atoms with van der Waals surface area (Å²) >= 11 is 2.60. The molecule has 1 aliphatic rings. The quantitative estimate of drug-likeness (QED) is 0.420. The summed E-state index contributed by atoms with van der Waals surface area (Å²) in [5.74, 6) is -1.22. The molecule has 11 heteroatoms.